The van der Waals surface area contributed by atoms with Crippen LogP contribution in [0.5, 0.6) is 0 Å². The number of non-ortho nitro benzene ring substituents is 1. The van der Waals surface area contributed by atoms with E-state index in [2.05, 4.69) is 9.88 Å². The number of fused-ring (bicyclic) bond motifs is 3. The van der Waals surface area contributed by atoms with Crippen molar-refractivity contribution in [2.75, 3.05) is 31.2 Å². The number of ether oxygens (including phenoxy) is 1. The second-order valence-electron chi connectivity index (χ2n) is 6.65. The quantitative estimate of drug-likeness (QED) is 0.403. The molecule has 1 aliphatic rings. The van der Waals surface area contributed by atoms with E-state index in [1.165, 1.54) is 6.07 Å². The van der Waals surface area contributed by atoms with Gasteiger partial charge in [0, 0.05) is 48.6 Å². The molecule has 1 aromatic carbocycles. The maximum atomic E-state index is 11.2. The summed E-state index contributed by atoms with van der Waals surface area (Å²) < 4.78 is 7.42. The van der Waals surface area contributed by atoms with Crippen molar-refractivity contribution in [1.82, 2.24) is 14.4 Å². The number of anilines is 1. The molecule has 28 heavy (non-hydrogen) atoms. The van der Waals surface area contributed by atoms with Crippen LogP contribution in [-0.4, -0.2) is 45.6 Å². The molecule has 8 nitrogen and oxygen atoms in total. The topological polar surface area (TPSA) is 85.8 Å². The van der Waals surface area contributed by atoms with Crippen LogP contribution in [0.3, 0.4) is 0 Å². The van der Waals surface area contributed by atoms with E-state index >= 15 is 0 Å². The first-order valence-corrected chi connectivity index (χ1v) is 9.06. The number of aromatic nitrogens is 3. The highest BCUT2D eigenvalue weighted by molar-refractivity contribution is 6.04. The molecule has 4 aromatic rings. The third-order valence-electron chi connectivity index (χ3n) is 5.01. The van der Waals surface area contributed by atoms with Gasteiger partial charge in [0.05, 0.1) is 23.7 Å². The first kappa shape index (κ1) is 16.6. The Kier molecular flexibility index (Phi) is 3.91. The van der Waals surface area contributed by atoms with E-state index in [1.807, 2.05) is 41.1 Å². The lowest BCUT2D eigenvalue weighted by Gasteiger charge is -2.26. The largest absolute Gasteiger partial charge is 0.378 e. The van der Waals surface area contributed by atoms with Gasteiger partial charge in [-0.1, -0.05) is 18.2 Å². The molecule has 0 saturated carbocycles. The van der Waals surface area contributed by atoms with E-state index in [-0.39, 0.29) is 10.6 Å². The van der Waals surface area contributed by atoms with Gasteiger partial charge in [-0.25, -0.2) is 4.98 Å². The zero-order valence-electron chi connectivity index (χ0n) is 15.0. The third kappa shape index (κ3) is 2.66. The lowest BCUT2D eigenvalue weighted by Crippen LogP contribution is -2.37. The minimum Gasteiger partial charge on any atom is -0.378 e. The number of pyridine rings is 1. The van der Waals surface area contributed by atoms with E-state index in [0.29, 0.717) is 19.2 Å². The highest BCUT2D eigenvalue weighted by Gasteiger charge is 2.20. The van der Waals surface area contributed by atoms with E-state index in [1.54, 1.807) is 12.1 Å². The molecular weight excluding hydrogens is 358 g/mol. The van der Waals surface area contributed by atoms with Crippen LogP contribution < -0.4 is 4.90 Å². The van der Waals surface area contributed by atoms with Gasteiger partial charge in [-0.3, -0.25) is 10.1 Å². The molecule has 0 atom stereocenters. The zero-order chi connectivity index (χ0) is 19.1. The summed E-state index contributed by atoms with van der Waals surface area (Å²) >= 11 is 0. The monoisotopic (exact) mass is 375 g/mol. The van der Waals surface area contributed by atoms with Crippen molar-refractivity contribution >= 4 is 28.2 Å². The summed E-state index contributed by atoms with van der Waals surface area (Å²) in [5.74, 6) is 0.671. The average molecular weight is 375 g/mol. The Balaban J connectivity index is 1.74. The molecule has 3 aromatic heterocycles. The third-order valence-corrected chi connectivity index (χ3v) is 5.01. The molecule has 1 aliphatic heterocycles. The second-order valence-corrected chi connectivity index (χ2v) is 6.65. The lowest BCUT2D eigenvalue weighted by molar-refractivity contribution is -0.384. The summed E-state index contributed by atoms with van der Waals surface area (Å²) in [4.78, 5) is 22.4. The van der Waals surface area contributed by atoms with E-state index in [4.69, 9.17) is 9.72 Å². The number of hydrogen-bond acceptors (Lipinski definition) is 6. The summed E-state index contributed by atoms with van der Waals surface area (Å²) in [6, 6.07) is 12.6. The number of nitro groups is 1. The van der Waals surface area contributed by atoms with Crippen molar-refractivity contribution < 1.29 is 9.66 Å². The molecular formula is C20H17N5O3. The molecule has 0 spiro atoms. The van der Waals surface area contributed by atoms with Crippen LogP contribution in [0.1, 0.15) is 0 Å². The number of rotatable bonds is 3. The molecule has 5 rings (SSSR count). The molecule has 0 aliphatic carbocycles. The van der Waals surface area contributed by atoms with Crippen LogP contribution in [0.25, 0.3) is 27.7 Å². The molecule has 140 valence electrons. The number of hydrogen-bond donors (Lipinski definition) is 0. The molecule has 1 fully saturated rings. The van der Waals surface area contributed by atoms with Crippen LogP contribution >= 0.6 is 0 Å². The van der Waals surface area contributed by atoms with E-state index in [9.17, 15) is 10.1 Å². The number of nitro benzene ring substituents is 1. The van der Waals surface area contributed by atoms with Crippen molar-refractivity contribution in [1.29, 1.82) is 0 Å². The van der Waals surface area contributed by atoms with Crippen LogP contribution in [0, 0.1) is 10.1 Å². The van der Waals surface area contributed by atoms with E-state index in [0.717, 1.165) is 40.8 Å². The summed E-state index contributed by atoms with van der Waals surface area (Å²) in [7, 11) is 0. The Morgan fingerprint density at radius 3 is 2.79 bits per heavy atom. The molecule has 0 bridgehead atoms. The Hall–Kier alpha value is -3.52. The first-order chi connectivity index (χ1) is 13.7. The fourth-order valence-electron chi connectivity index (χ4n) is 3.69. The smallest absolute Gasteiger partial charge is 0.270 e. The standard InChI is InChI=1S/C20H17N5O3/c26-25(27)15-5-3-4-14(12-15)18-16-13-21-20(23-8-10-28-11-9-23)22-19(16)24-7-2-1-6-17(18)24/h1-7,12-13H,8-11H2. The van der Waals surface area contributed by atoms with Crippen molar-refractivity contribution in [3.63, 3.8) is 0 Å². The van der Waals surface area contributed by atoms with Crippen LogP contribution in [0.15, 0.2) is 54.9 Å². The highest BCUT2D eigenvalue weighted by Crippen LogP contribution is 2.36. The normalized spacial score (nSPS) is 14.6. The van der Waals surface area contributed by atoms with Gasteiger partial charge in [0.15, 0.2) is 5.65 Å². The molecule has 0 N–H and O–H groups in total. The van der Waals surface area contributed by atoms with Gasteiger partial charge in [-0.2, -0.15) is 4.98 Å². The minimum absolute atomic E-state index is 0.0618. The Labute approximate surface area is 160 Å². The number of morpholine rings is 1. The van der Waals surface area contributed by atoms with Gasteiger partial charge in [0.25, 0.3) is 5.69 Å². The van der Waals surface area contributed by atoms with Gasteiger partial charge in [0.2, 0.25) is 5.95 Å². The van der Waals surface area contributed by atoms with Gasteiger partial charge < -0.3 is 14.0 Å². The van der Waals surface area contributed by atoms with Crippen molar-refractivity contribution in [2.45, 2.75) is 0 Å². The van der Waals surface area contributed by atoms with Gasteiger partial charge in [-0.15, -0.1) is 0 Å². The van der Waals surface area contributed by atoms with Crippen molar-refractivity contribution in [3.8, 4) is 11.1 Å². The Bertz CT molecular complexity index is 1200. The second kappa shape index (κ2) is 6.58. The Morgan fingerprint density at radius 1 is 1.11 bits per heavy atom. The molecule has 8 heteroatoms. The number of nitrogens with zero attached hydrogens (tertiary/aromatic N) is 5. The van der Waals surface area contributed by atoms with Crippen LogP contribution in [0.4, 0.5) is 11.6 Å². The Morgan fingerprint density at radius 2 is 1.96 bits per heavy atom. The summed E-state index contributed by atoms with van der Waals surface area (Å²) in [6.07, 6.45) is 3.77. The zero-order valence-corrected chi connectivity index (χ0v) is 15.0. The van der Waals surface area contributed by atoms with Crippen molar-refractivity contribution in [2.24, 2.45) is 0 Å². The van der Waals surface area contributed by atoms with Gasteiger partial charge >= 0.3 is 0 Å². The molecule has 0 radical (unpaired) electrons. The first-order valence-electron chi connectivity index (χ1n) is 9.06. The fourth-order valence-corrected chi connectivity index (χ4v) is 3.69. The van der Waals surface area contributed by atoms with Crippen LogP contribution in [-0.2, 0) is 4.74 Å². The van der Waals surface area contributed by atoms with Crippen molar-refractivity contribution in [3.05, 3.63) is 65.0 Å². The fraction of sp³-hybridized carbons (Fsp3) is 0.200. The summed E-state index contributed by atoms with van der Waals surface area (Å²) in [5.41, 5.74) is 3.45. The summed E-state index contributed by atoms with van der Waals surface area (Å²) in [6.45, 7) is 2.84. The predicted molar refractivity (Wildman–Crippen MR) is 106 cm³/mol. The molecule has 0 unspecified atom stereocenters. The predicted octanol–water partition coefficient (Wildman–Crippen LogP) is 3.29. The number of benzene rings is 1. The lowest BCUT2D eigenvalue weighted by atomic mass is 10.0. The molecule has 1 saturated heterocycles. The van der Waals surface area contributed by atoms with Crippen LogP contribution in [0.2, 0.25) is 0 Å². The van der Waals surface area contributed by atoms with Gasteiger partial charge in [0.1, 0.15) is 0 Å². The molecule has 4 heterocycles. The molecule has 0 amide bonds. The maximum absolute atomic E-state index is 11.2. The average Bonchev–Trinajstić information content (AvgIpc) is 3.08. The minimum atomic E-state index is -0.378. The van der Waals surface area contributed by atoms with Gasteiger partial charge in [-0.05, 0) is 17.7 Å². The van der Waals surface area contributed by atoms with E-state index < -0.39 is 0 Å². The summed E-state index contributed by atoms with van der Waals surface area (Å²) in [5, 5.41) is 12.1. The SMILES string of the molecule is O=[N+]([O-])c1cccc(-c2c3cnc(N4CCOCC4)nc3n3ccccc23)c1. The highest BCUT2D eigenvalue weighted by atomic mass is 16.6. The maximum Gasteiger partial charge on any atom is 0.270 e.